The van der Waals surface area contributed by atoms with Crippen LogP contribution in [0.1, 0.15) is 67.7 Å². The van der Waals surface area contributed by atoms with Crippen molar-refractivity contribution in [3.05, 3.63) is 11.1 Å². The van der Waals surface area contributed by atoms with E-state index in [2.05, 4.69) is 33.6 Å². The summed E-state index contributed by atoms with van der Waals surface area (Å²) >= 11 is 0. The van der Waals surface area contributed by atoms with E-state index in [1.807, 2.05) is 27.7 Å². The van der Waals surface area contributed by atoms with Gasteiger partial charge in [0, 0.05) is 0 Å². The average Bonchev–Trinajstić information content (AvgIpc) is 2.32. The molecule has 0 amide bonds. The third kappa shape index (κ3) is 11.2. The van der Waals surface area contributed by atoms with Gasteiger partial charge in [0.25, 0.3) is 0 Å². The fraction of sp³-hybridized carbons (Fsp3) is 0.733. The van der Waals surface area contributed by atoms with Gasteiger partial charge in [0.05, 0.1) is 0 Å². The minimum atomic E-state index is 0.939. The summed E-state index contributed by atoms with van der Waals surface area (Å²) in [4.78, 5) is 0. The quantitative estimate of drug-likeness (QED) is 0.368. The highest BCUT2D eigenvalue weighted by Gasteiger charge is 2.10. The Morgan fingerprint density at radius 1 is 0.933 bits per heavy atom. The van der Waals surface area contributed by atoms with Crippen molar-refractivity contribution in [3.8, 4) is 12.8 Å². The predicted molar refractivity (Wildman–Crippen MR) is 74.0 cm³/mol. The smallest absolute Gasteiger partial charge is 0.0295 e. The van der Waals surface area contributed by atoms with Crippen LogP contribution in [0.5, 0.6) is 0 Å². The van der Waals surface area contributed by atoms with E-state index in [1.54, 1.807) is 11.1 Å². The highest BCUT2D eigenvalue weighted by atomic mass is 14.2. The first-order valence-corrected chi connectivity index (χ1v) is 6.18. The Morgan fingerprint density at radius 3 is 1.60 bits per heavy atom. The van der Waals surface area contributed by atoms with Crippen molar-refractivity contribution in [2.45, 2.75) is 67.7 Å². The molecule has 0 radical (unpaired) electrons. The Bertz CT molecular complexity index is 160. The number of allylic oxidation sites excluding steroid dienone is 2. The lowest BCUT2D eigenvalue weighted by Gasteiger charge is -2.20. The van der Waals surface area contributed by atoms with Crippen LogP contribution in [-0.2, 0) is 0 Å². The maximum Gasteiger partial charge on any atom is -0.0295 e. The third-order valence-electron chi connectivity index (χ3n) is 2.40. The Kier molecular flexibility index (Phi) is 20.8. The van der Waals surface area contributed by atoms with Gasteiger partial charge in [-0.05, 0) is 39.0 Å². The summed E-state index contributed by atoms with van der Waals surface area (Å²) in [6.07, 6.45) is 12.1. The van der Waals surface area contributed by atoms with Crippen molar-refractivity contribution in [2.75, 3.05) is 0 Å². The summed E-state index contributed by atoms with van der Waals surface area (Å²) < 4.78 is 0. The third-order valence-corrected chi connectivity index (χ3v) is 2.40. The molecule has 0 heterocycles. The normalized spacial score (nSPS) is 18.3. The maximum absolute atomic E-state index is 4.00. The highest BCUT2D eigenvalue weighted by molar-refractivity contribution is 5.12. The van der Waals surface area contributed by atoms with Crippen LogP contribution < -0.4 is 0 Å². The van der Waals surface area contributed by atoms with Gasteiger partial charge < -0.3 is 0 Å². The molecule has 0 fully saturated rings. The van der Waals surface area contributed by atoms with E-state index in [9.17, 15) is 0 Å². The van der Waals surface area contributed by atoms with Gasteiger partial charge in [0.2, 0.25) is 0 Å². The molecule has 15 heavy (non-hydrogen) atoms. The molecule has 0 aliphatic heterocycles. The van der Waals surface area contributed by atoms with E-state index in [0.717, 1.165) is 5.92 Å². The summed E-state index contributed by atoms with van der Waals surface area (Å²) in [6.45, 7) is 14.9. The van der Waals surface area contributed by atoms with Gasteiger partial charge in [-0.3, -0.25) is 0 Å². The fourth-order valence-corrected chi connectivity index (χ4v) is 1.48. The number of hydrogen-bond acceptors (Lipinski definition) is 0. The largest absolute Gasteiger partial charge is 0.124 e. The van der Waals surface area contributed by atoms with Crippen molar-refractivity contribution in [1.82, 2.24) is 0 Å². The van der Waals surface area contributed by atoms with Crippen LogP contribution in [0.4, 0.5) is 0 Å². The molecule has 0 aromatic rings. The minimum Gasteiger partial charge on any atom is -0.124 e. The molecule has 0 spiro atoms. The van der Waals surface area contributed by atoms with Crippen molar-refractivity contribution >= 4 is 0 Å². The molecule has 0 aromatic carbocycles. The number of rotatable bonds is 0. The summed E-state index contributed by atoms with van der Waals surface area (Å²) in [6, 6.07) is 0. The number of terminal acetylenes is 1. The summed E-state index contributed by atoms with van der Waals surface area (Å²) in [7, 11) is 0. The molecule has 0 saturated carbocycles. The molecule has 1 aliphatic rings. The van der Waals surface area contributed by atoms with E-state index in [0.29, 0.717) is 0 Å². The minimum absolute atomic E-state index is 0.939. The first-order valence-electron chi connectivity index (χ1n) is 6.18. The highest BCUT2D eigenvalue weighted by Crippen LogP contribution is 2.27. The van der Waals surface area contributed by atoms with Gasteiger partial charge in [-0.15, -0.1) is 12.8 Å². The van der Waals surface area contributed by atoms with Gasteiger partial charge in [-0.2, -0.15) is 0 Å². The summed E-state index contributed by atoms with van der Waals surface area (Å²) in [5.41, 5.74) is 3.27. The zero-order valence-electron chi connectivity index (χ0n) is 11.9. The first-order chi connectivity index (χ1) is 7.20. The van der Waals surface area contributed by atoms with Gasteiger partial charge in [-0.25, -0.2) is 0 Å². The Labute approximate surface area is 98.2 Å². The molecule has 0 nitrogen and oxygen atoms in total. The number of hydrogen-bond donors (Lipinski definition) is 0. The SMILES string of the molecule is C#C.CC.CC.CC1=C(C)CC(C)CC1. The van der Waals surface area contributed by atoms with Crippen molar-refractivity contribution in [2.24, 2.45) is 5.92 Å². The van der Waals surface area contributed by atoms with Gasteiger partial charge in [-0.1, -0.05) is 45.8 Å². The molecule has 0 saturated heterocycles. The van der Waals surface area contributed by atoms with Crippen LogP contribution in [-0.4, -0.2) is 0 Å². The first kappa shape index (κ1) is 19.8. The second-order valence-electron chi connectivity index (χ2n) is 3.41. The lowest BCUT2D eigenvalue weighted by Crippen LogP contribution is -2.03. The Hall–Kier alpha value is -0.700. The van der Waals surface area contributed by atoms with Crippen LogP contribution in [0.3, 0.4) is 0 Å². The van der Waals surface area contributed by atoms with Crippen LogP contribution >= 0.6 is 0 Å². The average molecular weight is 210 g/mol. The molecular formula is C15H30. The van der Waals surface area contributed by atoms with Gasteiger partial charge in [0.15, 0.2) is 0 Å². The van der Waals surface area contributed by atoms with Crippen LogP contribution in [0.15, 0.2) is 11.1 Å². The molecule has 0 N–H and O–H groups in total. The molecule has 1 unspecified atom stereocenters. The van der Waals surface area contributed by atoms with Crippen molar-refractivity contribution < 1.29 is 0 Å². The van der Waals surface area contributed by atoms with E-state index in [-0.39, 0.29) is 0 Å². The van der Waals surface area contributed by atoms with Gasteiger partial charge >= 0.3 is 0 Å². The van der Waals surface area contributed by atoms with E-state index in [4.69, 9.17) is 0 Å². The Morgan fingerprint density at radius 2 is 1.33 bits per heavy atom. The Balaban J connectivity index is -0.000000208. The molecule has 1 aliphatic carbocycles. The van der Waals surface area contributed by atoms with E-state index >= 15 is 0 Å². The molecule has 0 aromatic heterocycles. The second-order valence-corrected chi connectivity index (χ2v) is 3.41. The monoisotopic (exact) mass is 210 g/mol. The van der Waals surface area contributed by atoms with Crippen molar-refractivity contribution in [3.63, 3.8) is 0 Å². The van der Waals surface area contributed by atoms with Crippen LogP contribution in [0.2, 0.25) is 0 Å². The summed E-state index contributed by atoms with van der Waals surface area (Å²) in [5, 5.41) is 0. The molecule has 90 valence electrons. The summed E-state index contributed by atoms with van der Waals surface area (Å²) in [5.74, 6) is 0.939. The van der Waals surface area contributed by atoms with Crippen molar-refractivity contribution in [1.29, 1.82) is 0 Å². The molecule has 1 rings (SSSR count). The lowest BCUT2D eigenvalue weighted by atomic mass is 9.86. The van der Waals surface area contributed by atoms with E-state index < -0.39 is 0 Å². The second kappa shape index (κ2) is 15.8. The maximum atomic E-state index is 4.00. The lowest BCUT2D eigenvalue weighted by molar-refractivity contribution is 0.496. The topological polar surface area (TPSA) is 0 Å². The molecule has 0 bridgehead atoms. The zero-order valence-corrected chi connectivity index (χ0v) is 11.9. The zero-order chi connectivity index (χ0) is 12.9. The fourth-order valence-electron chi connectivity index (χ4n) is 1.48. The molecule has 0 heteroatoms. The molecular weight excluding hydrogens is 180 g/mol. The molecule has 1 atom stereocenters. The van der Waals surface area contributed by atoms with Gasteiger partial charge in [0.1, 0.15) is 0 Å². The van der Waals surface area contributed by atoms with E-state index in [1.165, 1.54) is 19.3 Å². The van der Waals surface area contributed by atoms with Crippen LogP contribution in [0.25, 0.3) is 0 Å². The van der Waals surface area contributed by atoms with Crippen LogP contribution in [0, 0.1) is 18.8 Å². The predicted octanol–water partition coefficient (Wildman–Crippen LogP) is 5.44. The standard InChI is InChI=1S/C9H16.2C2H6.C2H2/c1-7-4-5-8(2)9(3)6-7;3*1-2/h7H,4-6H2,1-3H3;2*1-2H3;1-2H.